The number of rotatable bonds is 2. The van der Waals surface area contributed by atoms with Crippen molar-refractivity contribution in [3.8, 4) is 0 Å². The Labute approximate surface area is 138 Å². The highest BCUT2D eigenvalue weighted by Gasteiger charge is 2.54. The summed E-state index contributed by atoms with van der Waals surface area (Å²) in [7, 11) is 0. The Morgan fingerprint density at radius 1 is 1.30 bits per heavy atom. The Morgan fingerprint density at radius 2 is 2.09 bits per heavy atom. The smallest absolute Gasteiger partial charge is 0.322 e. The van der Waals surface area contributed by atoms with Gasteiger partial charge in [0.1, 0.15) is 5.54 Å². The van der Waals surface area contributed by atoms with Crippen LogP contribution in [0.3, 0.4) is 0 Å². The number of hydrogen-bond donors (Lipinski definition) is 2. The van der Waals surface area contributed by atoms with Gasteiger partial charge < -0.3 is 10.2 Å². The lowest BCUT2D eigenvalue weighted by atomic mass is 9.99. The Hall–Kier alpha value is -2.08. The molecule has 0 radical (unpaired) electrons. The highest BCUT2D eigenvalue weighted by molar-refractivity contribution is 6.31. The molecule has 4 amide bonds. The predicted octanol–water partition coefficient (Wildman–Crippen LogP) is 1.25. The van der Waals surface area contributed by atoms with Crippen LogP contribution in [-0.4, -0.2) is 41.4 Å². The third kappa shape index (κ3) is 2.28. The van der Waals surface area contributed by atoms with Crippen molar-refractivity contribution in [2.45, 2.75) is 24.3 Å². The van der Waals surface area contributed by atoms with Crippen molar-refractivity contribution in [3.05, 3.63) is 34.9 Å². The molecule has 4 rings (SSSR count). The van der Waals surface area contributed by atoms with E-state index in [0.717, 1.165) is 12.0 Å². The maximum Gasteiger partial charge on any atom is 0.322 e. The second kappa shape index (κ2) is 4.96. The molecule has 3 atom stereocenters. The third-order valence-corrected chi connectivity index (χ3v) is 5.35. The number of amides is 4. The van der Waals surface area contributed by atoms with E-state index in [1.165, 1.54) is 0 Å². The van der Waals surface area contributed by atoms with Gasteiger partial charge in [-0.05, 0) is 30.4 Å². The van der Waals surface area contributed by atoms with E-state index in [9.17, 15) is 14.4 Å². The molecule has 0 unspecified atom stereocenters. The molecule has 3 aliphatic rings. The molecule has 1 saturated carbocycles. The first kappa shape index (κ1) is 14.5. The van der Waals surface area contributed by atoms with Gasteiger partial charge >= 0.3 is 6.03 Å². The summed E-state index contributed by atoms with van der Waals surface area (Å²) in [6.45, 7) is 0.730. The van der Waals surface area contributed by atoms with Crippen LogP contribution in [0.2, 0.25) is 5.02 Å². The zero-order valence-corrected chi connectivity index (χ0v) is 13.1. The first-order valence-corrected chi connectivity index (χ1v) is 8.05. The number of hydrogen-bond acceptors (Lipinski definition) is 3. The van der Waals surface area contributed by atoms with Gasteiger partial charge in [0, 0.05) is 17.5 Å². The molecule has 1 spiro atoms. The Morgan fingerprint density at radius 3 is 2.78 bits per heavy atom. The van der Waals surface area contributed by atoms with Crippen LogP contribution in [0.25, 0.3) is 0 Å². The zero-order valence-electron chi connectivity index (χ0n) is 12.3. The fourth-order valence-corrected chi connectivity index (χ4v) is 3.91. The van der Waals surface area contributed by atoms with Gasteiger partial charge in [0.05, 0.1) is 6.54 Å². The van der Waals surface area contributed by atoms with E-state index in [2.05, 4.69) is 10.6 Å². The largest absolute Gasteiger partial charge is 0.339 e. The average Bonchev–Trinajstić information content (AvgIpc) is 3.11. The number of urea groups is 1. The molecule has 1 aliphatic carbocycles. The molecule has 3 fully saturated rings. The fourth-order valence-electron chi connectivity index (χ4n) is 3.64. The minimum absolute atomic E-state index is 0.0424. The van der Waals surface area contributed by atoms with Gasteiger partial charge in [0.15, 0.2) is 0 Å². The third-order valence-electron chi connectivity index (χ3n) is 5.01. The van der Waals surface area contributed by atoms with Crippen molar-refractivity contribution in [2.75, 3.05) is 13.1 Å². The van der Waals surface area contributed by atoms with E-state index >= 15 is 0 Å². The maximum absolute atomic E-state index is 12.7. The monoisotopic (exact) mass is 333 g/mol. The average molecular weight is 334 g/mol. The molecule has 23 heavy (non-hydrogen) atoms. The number of halogens is 1. The van der Waals surface area contributed by atoms with E-state index in [0.29, 0.717) is 18.0 Å². The van der Waals surface area contributed by atoms with E-state index in [1.807, 2.05) is 24.3 Å². The van der Waals surface area contributed by atoms with Gasteiger partial charge in [-0.25, -0.2) is 4.79 Å². The van der Waals surface area contributed by atoms with Crippen LogP contribution in [-0.2, 0) is 9.59 Å². The van der Waals surface area contributed by atoms with Gasteiger partial charge in [-0.15, -0.1) is 0 Å². The van der Waals surface area contributed by atoms with Crippen LogP contribution in [0.15, 0.2) is 24.3 Å². The molecule has 2 aliphatic heterocycles. The van der Waals surface area contributed by atoms with Gasteiger partial charge in [-0.2, -0.15) is 0 Å². The summed E-state index contributed by atoms with van der Waals surface area (Å²) in [5.74, 6) is -0.220. The van der Waals surface area contributed by atoms with Gasteiger partial charge in [0.25, 0.3) is 5.91 Å². The van der Waals surface area contributed by atoms with Crippen molar-refractivity contribution in [1.29, 1.82) is 0 Å². The van der Waals surface area contributed by atoms with Crippen LogP contribution < -0.4 is 10.6 Å². The fraction of sp³-hybridized carbons (Fsp3) is 0.438. The van der Waals surface area contributed by atoms with Crippen LogP contribution in [0, 0.1) is 5.92 Å². The second-order valence-corrected chi connectivity index (χ2v) is 6.88. The normalized spacial score (nSPS) is 32.1. The minimum atomic E-state index is -0.943. The number of nitrogens with one attached hydrogen (secondary N) is 2. The van der Waals surface area contributed by atoms with Crippen molar-refractivity contribution in [3.63, 3.8) is 0 Å². The molecule has 2 saturated heterocycles. The first-order chi connectivity index (χ1) is 11.0. The lowest BCUT2D eigenvalue weighted by Gasteiger charge is -2.21. The molecule has 7 heteroatoms. The van der Waals surface area contributed by atoms with Crippen molar-refractivity contribution in [2.24, 2.45) is 5.92 Å². The molecule has 0 bridgehead atoms. The topological polar surface area (TPSA) is 78.5 Å². The molecule has 1 aromatic carbocycles. The van der Waals surface area contributed by atoms with Gasteiger partial charge in [-0.3, -0.25) is 14.9 Å². The predicted molar refractivity (Wildman–Crippen MR) is 82.9 cm³/mol. The SMILES string of the molecule is O=C1NC(=O)[C@]2(CCN(C(=O)[C@H]3C[C@@H]3c3ccccc3Cl)C2)N1. The minimum Gasteiger partial charge on any atom is -0.339 e. The summed E-state index contributed by atoms with van der Waals surface area (Å²) < 4.78 is 0. The number of carbonyl (C=O) groups is 3. The van der Waals surface area contributed by atoms with Crippen molar-refractivity contribution >= 4 is 29.4 Å². The van der Waals surface area contributed by atoms with Crippen molar-refractivity contribution < 1.29 is 14.4 Å². The lowest BCUT2D eigenvalue weighted by molar-refractivity contribution is -0.132. The Kier molecular flexibility index (Phi) is 3.13. The summed E-state index contributed by atoms with van der Waals surface area (Å²) in [5.41, 5.74) is 0.0648. The molecule has 2 N–H and O–H groups in total. The van der Waals surface area contributed by atoms with Gasteiger partial charge in [-0.1, -0.05) is 29.8 Å². The summed E-state index contributed by atoms with van der Waals surface area (Å²) in [4.78, 5) is 37.7. The lowest BCUT2D eigenvalue weighted by Crippen LogP contribution is -2.49. The highest BCUT2D eigenvalue weighted by Crippen LogP contribution is 2.50. The quantitative estimate of drug-likeness (QED) is 0.800. The van der Waals surface area contributed by atoms with Crippen LogP contribution in [0.1, 0.15) is 24.3 Å². The first-order valence-electron chi connectivity index (χ1n) is 7.67. The second-order valence-electron chi connectivity index (χ2n) is 6.47. The van der Waals surface area contributed by atoms with Crippen LogP contribution in [0.4, 0.5) is 4.79 Å². The Balaban J connectivity index is 1.45. The summed E-state index contributed by atoms with van der Waals surface area (Å²) >= 11 is 6.20. The molecule has 6 nitrogen and oxygen atoms in total. The van der Waals surface area contributed by atoms with E-state index in [1.54, 1.807) is 4.90 Å². The molecule has 0 aromatic heterocycles. The standard InChI is InChI=1S/C16H16ClN3O3/c17-12-4-2-1-3-9(12)10-7-11(10)13(21)20-6-5-16(8-20)14(22)18-15(23)19-16/h1-4,10-11H,5-8H2,(H2,18,19,22,23)/t10-,11+,16-/m1/s1. The molecular weight excluding hydrogens is 318 g/mol. The number of nitrogens with zero attached hydrogens (tertiary/aromatic N) is 1. The van der Waals surface area contributed by atoms with Gasteiger partial charge in [0.2, 0.25) is 5.91 Å². The molecule has 1 aromatic rings. The zero-order chi connectivity index (χ0) is 16.2. The summed E-state index contributed by atoms with van der Waals surface area (Å²) in [6.07, 6.45) is 1.24. The number of carbonyl (C=O) groups excluding carboxylic acids is 3. The van der Waals surface area contributed by atoms with E-state index in [-0.39, 0.29) is 30.2 Å². The highest BCUT2D eigenvalue weighted by atomic mass is 35.5. The van der Waals surface area contributed by atoms with Crippen LogP contribution >= 0.6 is 11.6 Å². The number of benzene rings is 1. The van der Waals surface area contributed by atoms with Crippen LogP contribution in [0.5, 0.6) is 0 Å². The van der Waals surface area contributed by atoms with Crippen molar-refractivity contribution in [1.82, 2.24) is 15.5 Å². The summed E-state index contributed by atoms with van der Waals surface area (Å²) in [5, 5.41) is 5.60. The molecule has 2 heterocycles. The number of imide groups is 1. The maximum atomic E-state index is 12.7. The summed E-state index contributed by atoms with van der Waals surface area (Å²) in [6, 6.07) is 7.10. The Bertz CT molecular complexity index is 722. The van der Waals surface area contributed by atoms with E-state index < -0.39 is 11.6 Å². The number of likely N-dealkylation sites (tertiary alicyclic amines) is 1. The van der Waals surface area contributed by atoms with E-state index in [4.69, 9.17) is 11.6 Å². The molecular formula is C16H16ClN3O3. The molecule has 120 valence electrons.